The van der Waals surface area contributed by atoms with Crippen LogP contribution in [-0.4, -0.2) is 56.9 Å². The highest BCUT2D eigenvalue weighted by atomic mass is 16.5. The van der Waals surface area contributed by atoms with E-state index in [1.165, 1.54) is 0 Å². The van der Waals surface area contributed by atoms with Gasteiger partial charge in [0, 0.05) is 12.8 Å². The van der Waals surface area contributed by atoms with Crippen LogP contribution in [0.1, 0.15) is 64.7 Å². The second-order valence-corrected chi connectivity index (χ2v) is 6.95. The fraction of sp³-hybridized carbons (Fsp3) is 0.750. The quantitative estimate of drug-likeness (QED) is 0.293. The van der Waals surface area contributed by atoms with Crippen LogP contribution in [0, 0.1) is 0 Å². The van der Waals surface area contributed by atoms with Crippen LogP contribution in [0.15, 0.2) is 24.3 Å². The molecule has 150 valence electrons. The fourth-order valence-electron chi connectivity index (χ4n) is 2.97. The highest BCUT2D eigenvalue weighted by molar-refractivity contribution is 5.66. The maximum atomic E-state index is 10.4. The SMILES string of the molecule is CCCCC[C@H](O)[C@H]1C[C@H](O)[C@@H](/C=C/[C@@H](O)C/C=C\CCCC(=O)O)O1. The number of hydrogen-bond donors (Lipinski definition) is 4. The highest BCUT2D eigenvalue weighted by Gasteiger charge is 2.36. The summed E-state index contributed by atoms with van der Waals surface area (Å²) in [5.74, 6) is -0.801. The largest absolute Gasteiger partial charge is 0.481 e. The van der Waals surface area contributed by atoms with Crippen molar-refractivity contribution < 1.29 is 30.0 Å². The van der Waals surface area contributed by atoms with E-state index in [2.05, 4.69) is 6.92 Å². The van der Waals surface area contributed by atoms with Crippen molar-refractivity contribution in [3.63, 3.8) is 0 Å². The van der Waals surface area contributed by atoms with Crippen LogP contribution in [-0.2, 0) is 9.53 Å². The van der Waals surface area contributed by atoms with Gasteiger partial charge in [-0.15, -0.1) is 0 Å². The van der Waals surface area contributed by atoms with Crippen LogP contribution in [0.3, 0.4) is 0 Å². The molecule has 26 heavy (non-hydrogen) atoms. The standard InChI is InChI=1S/C20H34O6/c1-2-3-6-10-16(22)19-14-17(23)18(26-19)13-12-15(21)9-7-4-5-8-11-20(24)25/h4,7,12-13,15-19,21-23H,2-3,5-6,8-11,14H2,1H3,(H,24,25)/b7-4-,13-12+/t15-,16-,17-,18+,19+/m0/s1. The van der Waals surface area contributed by atoms with Gasteiger partial charge in [0.1, 0.15) is 6.10 Å². The number of allylic oxidation sites excluding steroid dienone is 1. The van der Waals surface area contributed by atoms with Crippen LogP contribution >= 0.6 is 0 Å². The van der Waals surface area contributed by atoms with Crippen LogP contribution in [0.2, 0.25) is 0 Å². The summed E-state index contributed by atoms with van der Waals surface area (Å²) in [5.41, 5.74) is 0. The van der Waals surface area contributed by atoms with Crippen LogP contribution < -0.4 is 0 Å². The van der Waals surface area contributed by atoms with Gasteiger partial charge in [-0.2, -0.15) is 0 Å². The molecule has 1 aliphatic heterocycles. The lowest BCUT2D eigenvalue weighted by atomic mass is 10.0. The maximum absolute atomic E-state index is 10.4. The Morgan fingerprint density at radius 1 is 1.23 bits per heavy atom. The van der Waals surface area contributed by atoms with Gasteiger partial charge in [0.2, 0.25) is 0 Å². The number of aliphatic carboxylic acids is 1. The lowest BCUT2D eigenvalue weighted by Gasteiger charge is -2.18. The monoisotopic (exact) mass is 370 g/mol. The number of carbonyl (C=O) groups is 1. The number of aliphatic hydroxyl groups excluding tert-OH is 3. The van der Waals surface area contributed by atoms with E-state index in [0.717, 1.165) is 19.3 Å². The molecule has 0 amide bonds. The Morgan fingerprint density at radius 3 is 2.69 bits per heavy atom. The summed E-state index contributed by atoms with van der Waals surface area (Å²) in [4.78, 5) is 10.4. The summed E-state index contributed by atoms with van der Waals surface area (Å²) >= 11 is 0. The molecule has 0 aromatic rings. The zero-order valence-corrected chi connectivity index (χ0v) is 15.7. The molecule has 1 saturated heterocycles. The van der Waals surface area contributed by atoms with Crippen molar-refractivity contribution in [2.75, 3.05) is 0 Å². The Morgan fingerprint density at radius 2 is 2.00 bits per heavy atom. The van der Waals surface area contributed by atoms with E-state index in [4.69, 9.17) is 9.84 Å². The minimum atomic E-state index is -0.801. The molecule has 0 unspecified atom stereocenters. The molecule has 6 nitrogen and oxygen atoms in total. The lowest BCUT2D eigenvalue weighted by Crippen LogP contribution is -2.26. The average Bonchev–Trinajstić information content (AvgIpc) is 2.97. The van der Waals surface area contributed by atoms with Gasteiger partial charge in [-0.3, -0.25) is 4.79 Å². The molecule has 0 spiro atoms. The first-order chi connectivity index (χ1) is 12.4. The molecular formula is C20H34O6. The Kier molecular flexibility index (Phi) is 11.4. The summed E-state index contributed by atoms with van der Waals surface area (Å²) in [6, 6.07) is 0. The molecule has 6 heteroatoms. The van der Waals surface area contributed by atoms with Crippen LogP contribution in [0.25, 0.3) is 0 Å². The molecule has 0 bridgehead atoms. The van der Waals surface area contributed by atoms with E-state index < -0.39 is 30.4 Å². The third-order valence-electron chi connectivity index (χ3n) is 4.55. The number of unbranched alkanes of at least 4 members (excludes halogenated alkanes) is 3. The van der Waals surface area contributed by atoms with Crippen molar-refractivity contribution in [3.05, 3.63) is 24.3 Å². The summed E-state index contributed by atoms with van der Waals surface area (Å²) in [5, 5.41) is 38.7. The van der Waals surface area contributed by atoms with Gasteiger partial charge in [0.05, 0.1) is 24.4 Å². The molecule has 5 atom stereocenters. The van der Waals surface area contributed by atoms with E-state index in [-0.39, 0.29) is 12.5 Å². The Bertz CT molecular complexity index is 448. The van der Waals surface area contributed by atoms with Crippen LogP contribution in [0.5, 0.6) is 0 Å². The Labute approximate surface area is 156 Å². The number of carboxylic acids is 1. The van der Waals surface area contributed by atoms with Gasteiger partial charge in [0.15, 0.2) is 0 Å². The number of rotatable bonds is 13. The first-order valence-electron chi connectivity index (χ1n) is 9.68. The third-order valence-corrected chi connectivity index (χ3v) is 4.55. The topological polar surface area (TPSA) is 107 Å². The molecule has 1 rings (SSSR count). The summed E-state index contributed by atoms with van der Waals surface area (Å²) in [6.45, 7) is 2.11. The van der Waals surface area contributed by atoms with Gasteiger partial charge < -0.3 is 25.2 Å². The molecular weight excluding hydrogens is 336 g/mol. The van der Waals surface area contributed by atoms with Gasteiger partial charge in [-0.05, 0) is 25.7 Å². The molecule has 1 aliphatic rings. The Balaban J connectivity index is 2.29. The Hall–Kier alpha value is -1.21. The van der Waals surface area contributed by atoms with Crippen molar-refractivity contribution >= 4 is 5.97 Å². The van der Waals surface area contributed by atoms with Gasteiger partial charge >= 0.3 is 5.97 Å². The van der Waals surface area contributed by atoms with E-state index in [0.29, 0.717) is 32.1 Å². The van der Waals surface area contributed by atoms with E-state index >= 15 is 0 Å². The predicted molar refractivity (Wildman–Crippen MR) is 99.8 cm³/mol. The number of ether oxygens (including phenoxy) is 1. The maximum Gasteiger partial charge on any atom is 0.303 e. The van der Waals surface area contributed by atoms with E-state index in [1.54, 1.807) is 12.2 Å². The predicted octanol–water partition coefficient (Wildman–Crippen LogP) is 2.56. The second kappa shape index (κ2) is 13.0. The molecule has 0 radical (unpaired) electrons. The molecule has 0 aromatic heterocycles. The summed E-state index contributed by atoms with van der Waals surface area (Å²) < 4.78 is 5.73. The number of hydrogen-bond acceptors (Lipinski definition) is 5. The minimum absolute atomic E-state index is 0.148. The highest BCUT2D eigenvalue weighted by Crippen LogP contribution is 2.26. The molecule has 0 aromatic carbocycles. The van der Waals surface area contributed by atoms with Gasteiger partial charge in [-0.25, -0.2) is 0 Å². The molecule has 4 N–H and O–H groups in total. The number of aliphatic hydroxyl groups is 3. The van der Waals surface area contributed by atoms with Crippen molar-refractivity contribution in [3.8, 4) is 0 Å². The third kappa shape index (κ3) is 9.48. The normalized spacial score (nSPS) is 25.9. The van der Waals surface area contributed by atoms with Crippen molar-refractivity contribution in [1.29, 1.82) is 0 Å². The zero-order valence-electron chi connectivity index (χ0n) is 15.7. The fourth-order valence-corrected chi connectivity index (χ4v) is 2.97. The number of carboxylic acid groups (broad SMARTS) is 1. The van der Waals surface area contributed by atoms with E-state index in [9.17, 15) is 20.1 Å². The average molecular weight is 370 g/mol. The van der Waals surface area contributed by atoms with Crippen molar-refractivity contribution in [2.45, 2.75) is 95.2 Å². The molecule has 0 aliphatic carbocycles. The van der Waals surface area contributed by atoms with Crippen LogP contribution in [0.4, 0.5) is 0 Å². The smallest absolute Gasteiger partial charge is 0.303 e. The zero-order chi connectivity index (χ0) is 19.4. The first-order valence-corrected chi connectivity index (χ1v) is 9.68. The summed E-state index contributed by atoms with van der Waals surface area (Å²) in [6.07, 6.45) is 10.2. The molecule has 1 heterocycles. The minimum Gasteiger partial charge on any atom is -0.481 e. The second-order valence-electron chi connectivity index (χ2n) is 6.95. The molecule has 0 saturated carbocycles. The van der Waals surface area contributed by atoms with Crippen molar-refractivity contribution in [1.82, 2.24) is 0 Å². The van der Waals surface area contributed by atoms with Crippen molar-refractivity contribution in [2.24, 2.45) is 0 Å². The molecule has 1 fully saturated rings. The van der Waals surface area contributed by atoms with Gasteiger partial charge in [0.25, 0.3) is 0 Å². The lowest BCUT2D eigenvalue weighted by molar-refractivity contribution is -0.137. The van der Waals surface area contributed by atoms with Gasteiger partial charge in [-0.1, -0.05) is 50.5 Å². The first kappa shape index (κ1) is 22.8. The summed E-state index contributed by atoms with van der Waals surface area (Å²) in [7, 11) is 0. The van der Waals surface area contributed by atoms with E-state index in [1.807, 2.05) is 12.2 Å².